The minimum atomic E-state index is -0.450. The third-order valence-corrected chi connectivity index (χ3v) is 3.18. The number of ether oxygens (including phenoxy) is 1. The Morgan fingerprint density at radius 3 is 2.89 bits per heavy atom. The summed E-state index contributed by atoms with van der Waals surface area (Å²) >= 11 is 3.20. The summed E-state index contributed by atoms with van der Waals surface area (Å²) in [5.74, 6) is -0.323. The van der Waals surface area contributed by atoms with E-state index in [1.807, 2.05) is 6.07 Å². The first-order valence-electron chi connectivity index (χ1n) is 5.55. The average Bonchev–Trinajstić information content (AvgIpc) is 2.70. The molecule has 0 aliphatic carbocycles. The van der Waals surface area contributed by atoms with E-state index in [1.165, 1.54) is 6.07 Å². The number of imidazole rings is 1. The molecule has 0 aliphatic rings. The average molecular weight is 322 g/mol. The molecule has 3 rings (SSSR count). The molecular formula is C13H9BrFN3O. The molecular weight excluding hydrogens is 313 g/mol. The summed E-state index contributed by atoms with van der Waals surface area (Å²) in [7, 11) is 1.77. The van der Waals surface area contributed by atoms with Gasteiger partial charge in [0.25, 0.3) is 0 Å². The highest BCUT2D eigenvalue weighted by molar-refractivity contribution is 9.10. The Bertz CT molecular complexity index is 757. The lowest BCUT2D eigenvalue weighted by Crippen LogP contribution is -1.96. The van der Waals surface area contributed by atoms with E-state index in [2.05, 4.69) is 25.9 Å². The van der Waals surface area contributed by atoms with E-state index in [-0.39, 0.29) is 5.75 Å². The number of fused-ring (bicyclic) bond motifs is 1. The van der Waals surface area contributed by atoms with E-state index in [0.29, 0.717) is 21.6 Å². The van der Waals surface area contributed by atoms with E-state index in [1.54, 1.807) is 36.0 Å². The number of aromatic nitrogens is 3. The highest BCUT2D eigenvalue weighted by Gasteiger charge is 2.12. The molecule has 0 amide bonds. The summed E-state index contributed by atoms with van der Waals surface area (Å²) in [6.45, 7) is 0. The van der Waals surface area contributed by atoms with Gasteiger partial charge in [0.1, 0.15) is 5.52 Å². The predicted octanol–water partition coefficient (Wildman–Crippen LogP) is 3.66. The lowest BCUT2D eigenvalue weighted by atomic mass is 10.3. The van der Waals surface area contributed by atoms with E-state index in [0.717, 1.165) is 0 Å². The third kappa shape index (κ3) is 2.19. The quantitative estimate of drug-likeness (QED) is 0.723. The second kappa shape index (κ2) is 4.62. The van der Waals surface area contributed by atoms with Crippen LogP contribution in [0.15, 0.2) is 41.0 Å². The topological polar surface area (TPSA) is 39.9 Å². The molecule has 0 saturated carbocycles. The molecule has 0 unspecified atom stereocenters. The summed E-state index contributed by atoms with van der Waals surface area (Å²) in [5.41, 5.74) is 1.40. The molecule has 6 heteroatoms. The van der Waals surface area contributed by atoms with Gasteiger partial charge in [-0.15, -0.1) is 0 Å². The fourth-order valence-electron chi connectivity index (χ4n) is 1.75. The minimum Gasteiger partial charge on any atom is -0.422 e. The molecule has 0 bridgehead atoms. The van der Waals surface area contributed by atoms with Crippen molar-refractivity contribution in [2.75, 3.05) is 0 Å². The molecule has 1 aromatic carbocycles. The van der Waals surface area contributed by atoms with Gasteiger partial charge in [-0.05, 0) is 30.3 Å². The summed E-state index contributed by atoms with van der Waals surface area (Å²) < 4.78 is 21.5. The van der Waals surface area contributed by atoms with Crippen molar-refractivity contribution in [3.63, 3.8) is 0 Å². The van der Waals surface area contributed by atoms with E-state index in [4.69, 9.17) is 4.74 Å². The van der Waals surface area contributed by atoms with Crippen LogP contribution in [0, 0.1) is 5.82 Å². The molecule has 96 valence electrons. The van der Waals surface area contributed by atoms with Crippen molar-refractivity contribution in [1.82, 2.24) is 14.5 Å². The van der Waals surface area contributed by atoms with Gasteiger partial charge >= 0.3 is 6.01 Å². The molecule has 19 heavy (non-hydrogen) atoms. The molecule has 3 aromatic rings. The van der Waals surface area contributed by atoms with Gasteiger partial charge in [-0.2, -0.15) is 4.98 Å². The van der Waals surface area contributed by atoms with Crippen molar-refractivity contribution < 1.29 is 9.13 Å². The first-order chi connectivity index (χ1) is 9.15. The van der Waals surface area contributed by atoms with Crippen LogP contribution in [0.4, 0.5) is 4.39 Å². The Morgan fingerprint density at radius 1 is 1.32 bits per heavy atom. The zero-order valence-corrected chi connectivity index (χ0v) is 11.6. The number of benzene rings is 1. The van der Waals surface area contributed by atoms with Crippen LogP contribution in [0.3, 0.4) is 0 Å². The molecule has 0 spiro atoms. The van der Waals surface area contributed by atoms with Crippen molar-refractivity contribution in [1.29, 1.82) is 0 Å². The molecule has 0 saturated heterocycles. The van der Waals surface area contributed by atoms with Gasteiger partial charge in [-0.25, -0.2) is 9.37 Å². The number of hydrogen-bond donors (Lipinski definition) is 0. The molecule has 2 aromatic heterocycles. The molecule has 2 heterocycles. The van der Waals surface area contributed by atoms with Gasteiger partial charge in [0.05, 0.1) is 0 Å². The van der Waals surface area contributed by atoms with Crippen LogP contribution >= 0.6 is 15.9 Å². The van der Waals surface area contributed by atoms with Crippen LogP contribution in [0.5, 0.6) is 11.8 Å². The second-order valence-electron chi connectivity index (χ2n) is 3.98. The summed E-state index contributed by atoms with van der Waals surface area (Å²) in [5, 5.41) is 0. The Kier molecular flexibility index (Phi) is 2.94. The highest BCUT2D eigenvalue weighted by Crippen LogP contribution is 2.27. The van der Waals surface area contributed by atoms with Gasteiger partial charge in [0.15, 0.2) is 17.2 Å². The summed E-state index contributed by atoms with van der Waals surface area (Å²) in [6.07, 6.45) is 1.67. The normalized spacial score (nSPS) is 10.9. The van der Waals surface area contributed by atoms with Crippen molar-refractivity contribution in [3.8, 4) is 11.8 Å². The minimum absolute atomic E-state index is 0.126. The zero-order valence-electron chi connectivity index (χ0n) is 9.97. The molecule has 0 fully saturated rings. The maximum Gasteiger partial charge on any atom is 0.304 e. The van der Waals surface area contributed by atoms with Crippen molar-refractivity contribution >= 4 is 27.1 Å². The molecule has 0 radical (unpaired) electrons. The predicted molar refractivity (Wildman–Crippen MR) is 72.7 cm³/mol. The SMILES string of the molecule is Cn1c(Oc2ccc(Br)cc2F)nc2cccnc21. The fraction of sp³-hybridized carbons (Fsp3) is 0.0769. The molecule has 0 atom stereocenters. The fourth-order valence-corrected chi connectivity index (χ4v) is 2.08. The number of hydrogen-bond acceptors (Lipinski definition) is 3. The van der Waals surface area contributed by atoms with Crippen molar-refractivity contribution in [2.24, 2.45) is 7.05 Å². The monoisotopic (exact) mass is 321 g/mol. The standard InChI is InChI=1S/C13H9BrFN3O/c1-18-12-10(3-2-6-16-12)17-13(18)19-11-5-4-8(14)7-9(11)15/h2-7H,1H3. The van der Waals surface area contributed by atoms with E-state index < -0.39 is 5.82 Å². The Balaban J connectivity index is 2.03. The number of aryl methyl sites for hydroxylation is 1. The maximum absolute atomic E-state index is 13.7. The Hall–Kier alpha value is -1.95. The van der Waals surface area contributed by atoms with Crippen LogP contribution in [0.2, 0.25) is 0 Å². The van der Waals surface area contributed by atoms with Crippen molar-refractivity contribution in [2.45, 2.75) is 0 Å². The number of nitrogens with zero attached hydrogens (tertiary/aromatic N) is 3. The van der Waals surface area contributed by atoms with Crippen LogP contribution in [-0.2, 0) is 7.05 Å². The van der Waals surface area contributed by atoms with Crippen LogP contribution in [-0.4, -0.2) is 14.5 Å². The van der Waals surface area contributed by atoms with Crippen LogP contribution in [0.1, 0.15) is 0 Å². The van der Waals surface area contributed by atoms with Gasteiger partial charge < -0.3 is 4.74 Å². The van der Waals surface area contributed by atoms with Crippen molar-refractivity contribution in [3.05, 3.63) is 46.8 Å². The lowest BCUT2D eigenvalue weighted by molar-refractivity contribution is 0.399. The number of rotatable bonds is 2. The molecule has 0 N–H and O–H groups in total. The van der Waals surface area contributed by atoms with Crippen LogP contribution < -0.4 is 4.74 Å². The smallest absolute Gasteiger partial charge is 0.304 e. The van der Waals surface area contributed by atoms with E-state index in [9.17, 15) is 4.39 Å². The largest absolute Gasteiger partial charge is 0.422 e. The maximum atomic E-state index is 13.7. The number of halogens is 2. The summed E-state index contributed by atoms with van der Waals surface area (Å²) in [6, 6.07) is 8.52. The summed E-state index contributed by atoms with van der Waals surface area (Å²) in [4.78, 5) is 8.47. The second-order valence-corrected chi connectivity index (χ2v) is 4.89. The van der Waals surface area contributed by atoms with Gasteiger partial charge in [-0.1, -0.05) is 15.9 Å². The Morgan fingerprint density at radius 2 is 2.16 bits per heavy atom. The van der Waals surface area contributed by atoms with E-state index >= 15 is 0 Å². The van der Waals surface area contributed by atoms with Crippen LogP contribution in [0.25, 0.3) is 11.2 Å². The first-order valence-corrected chi connectivity index (χ1v) is 6.35. The molecule has 4 nitrogen and oxygen atoms in total. The highest BCUT2D eigenvalue weighted by atomic mass is 79.9. The van der Waals surface area contributed by atoms with Gasteiger partial charge in [0.2, 0.25) is 0 Å². The lowest BCUT2D eigenvalue weighted by Gasteiger charge is -2.05. The Labute approximate surface area is 117 Å². The zero-order chi connectivity index (χ0) is 13.4. The third-order valence-electron chi connectivity index (χ3n) is 2.68. The first kappa shape index (κ1) is 12.1. The number of pyridine rings is 1. The van der Waals surface area contributed by atoms with Gasteiger partial charge in [-0.3, -0.25) is 4.57 Å². The molecule has 0 aliphatic heterocycles. The van der Waals surface area contributed by atoms with Gasteiger partial charge in [0, 0.05) is 17.7 Å².